The van der Waals surface area contributed by atoms with Gasteiger partial charge < -0.3 is 14.6 Å². The maximum atomic E-state index is 12.8. The van der Waals surface area contributed by atoms with Crippen molar-refractivity contribution in [2.24, 2.45) is 0 Å². The Kier molecular flexibility index (Phi) is 8.15. The number of aromatic nitrogens is 1. The minimum atomic E-state index is -1.39. The van der Waals surface area contributed by atoms with Crippen molar-refractivity contribution in [3.05, 3.63) is 64.5 Å². The van der Waals surface area contributed by atoms with Crippen LogP contribution in [0, 0.1) is 25.2 Å². The van der Waals surface area contributed by atoms with Gasteiger partial charge in [0.25, 0.3) is 5.91 Å². The van der Waals surface area contributed by atoms with Gasteiger partial charge in [-0.05, 0) is 38.0 Å². The van der Waals surface area contributed by atoms with Crippen LogP contribution in [0.1, 0.15) is 42.0 Å². The number of aryl methyl sites for hydroxylation is 1. The van der Waals surface area contributed by atoms with Crippen LogP contribution in [0.25, 0.3) is 6.08 Å². The van der Waals surface area contributed by atoms with Crippen LogP contribution in [0.4, 0.5) is 4.79 Å². The van der Waals surface area contributed by atoms with Gasteiger partial charge in [-0.3, -0.25) is 10.1 Å². The van der Waals surface area contributed by atoms with Crippen molar-refractivity contribution in [2.45, 2.75) is 39.8 Å². The summed E-state index contributed by atoms with van der Waals surface area (Å²) in [4.78, 5) is 36.8. The number of carbonyl (C=O) groups is 3. The van der Waals surface area contributed by atoms with Crippen molar-refractivity contribution in [1.82, 2.24) is 15.2 Å². The second kappa shape index (κ2) is 10.8. The number of hydrogen-bond donors (Lipinski definition) is 2. The van der Waals surface area contributed by atoms with Gasteiger partial charge >= 0.3 is 12.0 Å². The molecule has 1 atom stereocenters. The Morgan fingerprint density at radius 3 is 2.48 bits per heavy atom. The Balaban J connectivity index is 2.34. The van der Waals surface area contributed by atoms with Crippen LogP contribution in [0.5, 0.6) is 0 Å². The van der Waals surface area contributed by atoms with E-state index in [9.17, 15) is 19.6 Å². The molecular formula is C23H26N4O4. The number of esters is 1. The Hall–Kier alpha value is -3.86. The lowest BCUT2D eigenvalue weighted by molar-refractivity contribution is -0.152. The van der Waals surface area contributed by atoms with Gasteiger partial charge in [0.1, 0.15) is 11.6 Å². The first-order chi connectivity index (χ1) is 14.8. The number of ether oxygens (including phenoxy) is 1. The van der Waals surface area contributed by atoms with E-state index in [2.05, 4.69) is 22.1 Å². The molecule has 0 spiro atoms. The van der Waals surface area contributed by atoms with Gasteiger partial charge in [-0.2, -0.15) is 5.26 Å². The highest BCUT2D eigenvalue weighted by Gasteiger charge is 2.28. The number of carbonyl (C=O) groups excluding carboxylic acids is 3. The standard InChI is InChI=1S/C23H26N4O4/c1-5-11-27-15(2)12-18(16(27)3)13-19(14-24)22(29)31-20(17-9-7-6-8-10-17)21(28)26-23(30)25-4/h6-10,12-13,20H,5,11H2,1-4H3,(H2,25,26,28,30)/b19-13+/t20-/m1/s1. The summed E-state index contributed by atoms with van der Waals surface area (Å²) >= 11 is 0. The molecule has 3 amide bonds. The van der Waals surface area contributed by atoms with Crippen LogP contribution in [0.2, 0.25) is 0 Å². The molecule has 0 aliphatic heterocycles. The quantitative estimate of drug-likeness (QED) is 0.404. The highest BCUT2D eigenvalue weighted by atomic mass is 16.5. The number of hydrogen-bond acceptors (Lipinski definition) is 5. The van der Waals surface area contributed by atoms with E-state index in [4.69, 9.17) is 4.74 Å². The fourth-order valence-electron chi connectivity index (χ4n) is 3.15. The summed E-state index contributed by atoms with van der Waals surface area (Å²) < 4.78 is 7.47. The van der Waals surface area contributed by atoms with Crippen LogP contribution in [-0.2, 0) is 20.9 Å². The van der Waals surface area contributed by atoms with Crippen LogP contribution in [-0.4, -0.2) is 29.5 Å². The van der Waals surface area contributed by atoms with Gasteiger partial charge in [0.15, 0.2) is 0 Å². The average Bonchev–Trinajstić information content (AvgIpc) is 3.03. The number of benzene rings is 1. The monoisotopic (exact) mass is 422 g/mol. The highest BCUT2D eigenvalue weighted by Crippen LogP contribution is 2.22. The summed E-state index contributed by atoms with van der Waals surface area (Å²) in [5.74, 6) is -1.78. The van der Waals surface area contributed by atoms with Crippen LogP contribution >= 0.6 is 0 Å². The van der Waals surface area contributed by atoms with E-state index in [1.54, 1.807) is 30.3 Å². The van der Waals surface area contributed by atoms with Gasteiger partial charge in [-0.1, -0.05) is 37.3 Å². The molecular weight excluding hydrogens is 396 g/mol. The lowest BCUT2D eigenvalue weighted by Crippen LogP contribution is -2.41. The molecule has 0 saturated heterocycles. The SMILES string of the molecule is CCCn1c(C)cc(/C=C(\C#N)C(=O)O[C@@H](C(=O)NC(=O)NC)c2ccccc2)c1C. The topological polar surface area (TPSA) is 113 Å². The zero-order valence-electron chi connectivity index (χ0n) is 18.1. The third-order valence-corrected chi connectivity index (χ3v) is 4.73. The van der Waals surface area contributed by atoms with Crippen molar-refractivity contribution < 1.29 is 19.1 Å². The van der Waals surface area contributed by atoms with Crippen LogP contribution in [0.3, 0.4) is 0 Å². The predicted octanol–water partition coefficient (Wildman–Crippen LogP) is 3.16. The largest absolute Gasteiger partial charge is 0.443 e. The Morgan fingerprint density at radius 2 is 1.90 bits per heavy atom. The molecule has 1 heterocycles. The van der Waals surface area contributed by atoms with E-state index in [0.717, 1.165) is 29.9 Å². The number of nitrogens with one attached hydrogen (secondary N) is 2. The molecule has 0 aliphatic carbocycles. The first-order valence-corrected chi connectivity index (χ1v) is 9.89. The normalized spacial score (nSPS) is 11.9. The van der Waals surface area contributed by atoms with E-state index in [-0.39, 0.29) is 5.57 Å². The summed E-state index contributed by atoms with van der Waals surface area (Å²) in [6.45, 7) is 6.77. The first-order valence-electron chi connectivity index (χ1n) is 9.89. The molecule has 8 heteroatoms. The molecule has 31 heavy (non-hydrogen) atoms. The van der Waals surface area contributed by atoms with Gasteiger partial charge in [-0.15, -0.1) is 0 Å². The molecule has 0 bridgehead atoms. The molecule has 2 N–H and O–H groups in total. The van der Waals surface area contributed by atoms with Crippen molar-refractivity contribution in [1.29, 1.82) is 5.26 Å². The molecule has 0 saturated carbocycles. The number of imide groups is 1. The second-order valence-corrected chi connectivity index (χ2v) is 6.91. The lowest BCUT2D eigenvalue weighted by atomic mass is 10.1. The van der Waals surface area contributed by atoms with E-state index in [0.29, 0.717) is 5.56 Å². The van der Waals surface area contributed by atoms with Gasteiger partial charge in [0.2, 0.25) is 6.10 Å². The number of amides is 3. The van der Waals surface area contributed by atoms with E-state index >= 15 is 0 Å². The molecule has 1 aromatic heterocycles. The molecule has 8 nitrogen and oxygen atoms in total. The summed E-state index contributed by atoms with van der Waals surface area (Å²) in [6, 6.07) is 11.3. The Bertz CT molecular complexity index is 1030. The zero-order chi connectivity index (χ0) is 23.0. The molecule has 1 aromatic carbocycles. The highest BCUT2D eigenvalue weighted by molar-refractivity contribution is 6.01. The summed E-state index contributed by atoms with van der Waals surface area (Å²) in [7, 11) is 1.36. The smallest absolute Gasteiger partial charge is 0.350 e. The van der Waals surface area contributed by atoms with E-state index < -0.39 is 24.0 Å². The van der Waals surface area contributed by atoms with Crippen molar-refractivity contribution in [3.63, 3.8) is 0 Å². The molecule has 162 valence electrons. The first kappa shape index (κ1) is 23.4. The summed E-state index contributed by atoms with van der Waals surface area (Å²) in [5.41, 5.74) is 2.80. The van der Waals surface area contributed by atoms with Crippen molar-refractivity contribution in [3.8, 4) is 6.07 Å². The van der Waals surface area contributed by atoms with E-state index in [1.807, 2.05) is 26.0 Å². The number of rotatable bonds is 7. The minimum absolute atomic E-state index is 0.245. The van der Waals surface area contributed by atoms with Gasteiger partial charge in [-0.25, -0.2) is 9.59 Å². The molecule has 0 fully saturated rings. The maximum absolute atomic E-state index is 12.8. The third-order valence-electron chi connectivity index (χ3n) is 4.73. The lowest BCUT2D eigenvalue weighted by Gasteiger charge is -2.17. The number of nitriles is 1. The van der Waals surface area contributed by atoms with Gasteiger partial charge in [0, 0.05) is 30.5 Å². The van der Waals surface area contributed by atoms with Crippen molar-refractivity contribution in [2.75, 3.05) is 7.05 Å². The molecule has 0 unspecified atom stereocenters. The van der Waals surface area contributed by atoms with E-state index in [1.165, 1.54) is 13.1 Å². The van der Waals surface area contributed by atoms with Gasteiger partial charge in [0.05, 0.1) is 0 Å². The molecule has 0 aliphatic rings. The summed E-state index contributed by atoms with van der Waals surface area (Å²) in [6.07, 6.45) is 1.01. The van der Waals surface area contributed by atoms with Crippen LogP contribution < -0.4 is 10.6 Å². The predicted molar refractivity (Wildman–Crippen MR) is 116 cm³/mol. The fraction of sp³-hybridized carbons (Fsp3) is 0.304. The Labute approximate surface area is 181 Å². The zero-order valence-corrected chi connectivity index (χ0v) is 18.1. The third kappa shape index (κ3) is 5.82. The maximum Gasteiger partial charge on any atom is 0.350 e. The Morgan fingerprint density at radius 1 is 1.23 bits per heavy atom. The molecule has 2 rings (SSSR count). The fourth-order valence-corrected chi connectivity index (χ4v) is 3.15. The molecule has 0 radical (unpaired) electrons. The summed E-state index contributed by atoms with van der Waals surface area (Å²) in [5, 5.41) is 13.9. The minimum Gasteiger partial charge on any atom is -0.443 e. The molecule has 2 aromatic rings. The van der Waals surface area contributed by atoms with Crippen molar-refractivity contribution >= 4 is 24.0 Å². The average molecular weight is 422 g/mol. The number of urea groups is 1. The van der Waals surface area contributed by atoms with Crippen LogP contribution in [0.15, 0.2) is 42.0 Å². The second-order valence-electron chi connectivity index (χ2n) is 6.91. The number of nitrogens with zero attached hydrogens (tertiary/aromatic N) is 2.